The summed E-state index contributed by atoms with van der Waals surface area (Å²) in [6.07, 6.45) is 1.95. The van der Waals surface area contributed by atoms with E-state index < -0.39 is 10.0 Å². The molecule has 0 aliphatic carbocycles. The van der Waals surface area contributed by atoms with Gasteiger partial charge >= 0.3 is 0 Å². The Bertz CT molecular complexity index is 1240. The number of methoxy groups -OCH3 is 1. The van der Waals surface area contributed by atoms with Gasteiger partial charge in [-0.25, -0.2) is 8.42 Å². The number of hydrogen-bond acceptors (Lipinski definition) is 4. The molecular formula is C27H32N2O4S. The maximum Gasteiger partial charge on any atom is 0.251 e. The Kier molecular flexibility index (Phi) is 7.99. The lowest BCUT2D eigenvalue weighted by Gasteiger charge is -2.23. The van der Waals surface area contributed by atoms with Crippen LogP contribution < -0.4 is 14.4 Å². The zero-order chi connectivity index (χ0) is 24.9. The second-order valence-electron chi connectivity index (χ2n) is 8.44. The van der Waals surface area contributed by atoms with Crippen LogP contribution in [0.4, 0.5) is 5.69 Å². The molecule has 180 valence electrons. The van der Waals surface area contributed by atoms with E-state index in [1.807, 2.05) is 63.2 Å². The Labute approximate surface area is 202 Å². The van der Waals surface area contributed by atoms with E-state index >= 15 is 0 Å². The fourth-order valence-corrected chi connectivity index (χ4v) is 4.59. The summed E-state index contributed by atoms with van der Waals surface area (Å²) >= 11 is 0. The smallest absolute Gasteiger partial charge is 0.251 e. The van der Waals surface area contributed by atoms with E-state index in [9.17, 15) is 13.2 Å². The van der Waals surface area contributed by atoms with Gasteiger partial charge in [0.25, 0.3) is 5.91 Å². The van der Waals surface area contributed by atoms with Crippen molar-refractivity contribution >= 4 is 21.6 Å². The van der Waals surface area contributed by atoms with Gasteiger partial charge in [-0.05, 0) is 78.9 Å². The number of ether oxygens (including phenoxy) is 1. The number of rotatable bonds is 9. The van der Waals surface area contributed by atoms with Crippen molar-refractivity contribution in [3.63, 3.8) is 0 Å². The fourth-order valence-electron chi connectivity index (χ4n) is 3.71. The Morgan fingerprint density at radius 2 is 1.62 bits per heavy atom. The van der Waals surface area contributed by atoms with E-state index in [0.29, 0.717) is 11.3 Å². The summed E-state index contributed by atoms with van der Waals surface area (Å²) < 4.78 is 31.6. The third-order valence-corrected chi connectivity index (χ3v) is 7.09. The molecule has 7 heteroatoms. The second-order valence-corrected chi connectivity index (χ2v) is 10.3. The normalized spacial score (nSPS) is 12.1. The molecule has 34 heavy (non-hydrogen) atoms. The number of nitrogens with one attached hydrogen (secondary N) is 1. The van der Waals surface area contributed by atoms with Crippen molar-refractivity contribution in [2.45, 2.75) is 39.8 Å². The Morgan fingerprint density at radius 1 is 0.971 bits per heavy atom. The van der Waals surface area contributed by atoms with Crippen molar-refractivity contribution in [2.24, 2.45) is 0 Å². The largest absolute Gasteiger partial charge is 0.497 e. The first-order chi connectivity index (χ1) is 16.1. The molecule has 0 bridgehead atoms. The van der Waals surface area contributed by atoms with Gasteiger partial charge < -0.3 is 10.1 Å². The molecule has 0 saturated carbocycles. The minimum atomic E-state index is -3.48. The number of carbonyl (C=O) groups is 1. The van der Waals surface area contributed by atoms with Crippen molar-refractivity contribution < 1.29 is 17.9 Å². The molecular weight excluding hydrogens is 448 g/mol. The van der Waals surface area contributed by atoms with Crippen molar-refractivity contribution in [3.05, 3.63) is 94.5 Å². The number of benzene rings is 3. The molecule has 3 aromatic carbocycles. The van der Waals surface area contributed by atoms with Crippen LogP contribution in [0.15, 0.2) is 66.7 Å². The van der Waals surface area contributed by atoms with Crippen molar-refractivity contribution in [2.75, 3.05) is 17.7 Å². The predicted molar refractivity (Wildman–Crippen MR) is 137 cm³/mol. The molecule has 0 heterocycles. The van der Waals surface area contributed by atoms with Gasteiger partial charge in [-0.2, -0.15) is 0 Å². The average Bonchev–Trinajstić information content (AvgIpc) is 2.82. The van der Waals surface area contributed by atoms with Gasteiger partial charge in [-0.1, -0.05) is 37.3 Å². The van der Waals surface area contributed by atoms with Crippen LogP contribution in [0.1, 0.15) is 52.0 Å². The number of aryl methyl sites for hydroxylation is 2. The summed E-state index contributed by atoms with van der Waals surface area (Å²) in [4.78, 5) is 12.9. The third kappa shape index (κ3) is 6.17. The van der Waals surface area contributed by atoms with Gasteiger partial charge in [-0.3, -0.25) is 9.10 Å². The molecule has 1 amide bonds. The highest BCUT2D eigenvalue weighted by molar-refractivity contribution is 7.92. The van der Waals surface area contributed by atoms with Gasteiger partial charge in [-0.15, -0.1) is 0 Å². The molecule has 0 aromatic heterocycles. The van der Waals surface area contributed by atoms with Crippen LogP contribution in [0.2, 0.25) is 0 Å². The average molecular weight is 481 g/mol. The van der Waals surface area contributed by atoms with Crippen LogP contribution in [-0.2, 0) is 16.6 Å². The molecule has 0 saturated heterocycles. The van der Waals surface area contributed by atoms with Crippen molar-refractivity contribution in [1.82, 2.24) is 5.32 Å². The Hall–Kier alpha value is -3.32. The summed E-state index contributed by atoms with van der Waals surface area (Å²) in [6.45, 7) is 6.16. The lowest BCUT2D eigenvalue weighted by atomic mass is 10.0. The summed E-state index contributed by atoms with van der Waals surface area (Å²) in [7, 11) is -1.86. The van der Waals surface area contributed by atoms with Gasteiger partial charge in [0, 0.05) is 5.56 Å². The maximum absolute atomic E-state index is 12.9. The number of nitrogens with zero attached hydrogens (tertiary/aromatic N) is 1. The predicted octanol–water partition coefficient (Wildman–Crippen LogP) is 5.16. The molecule has 0 aliphatic heterocycles. The standard InChI is InChI=1S/C27H32N2O4S/c1-6-26(22-12-15-25(33-4)16-13-22)28-27(30)23-10-8-21(9-11-23)18-29(34(5,31)32)24-14-7-19(2)20(3)17-24/h7-17,26H,6,18H2,1-5H3,(H,28,30). The van der Waals surface area contributed by atoms with E-state index in [4.69, 9.17) is 4.74 Å². The number of amides is 1. The minimum Gasteiger partial charge on any atom is -0.497 e. The number of hydrogen-bond donors (Lipinski definition) is 1. The first-order valence-corrected chi connectivity index (χ1v) is 13.1. The summed E-state index contributed by atoms with van der Waals surface area (Å²) in [5.74, 6) is 0.591. The molecule has 1 unspecified atom stereocenters. The van der Waals surface area contributed by atoms with Gasteiger partial charge in [0.15, 0.2) is 0 Å². The number of carbonyl (C=O) groups excluding carboxylic acids is 1. The highest BCUT2D eigenvalue weighted by Crippen LogP contribution is 2.24. The van der Waals surface area contributed by atoms with Gasteiger partial charge in [0.1, 0.15) is 5.75 Å². The second kappa shape index (κ2) is 10.7. The van der Waals surface area contributed by atoms with E-state index in [0.717, 1.165) is 34.4 Å². The van der Waals surface area contributed by atoms with Crippen LogP contribution in [0.25, 0.3) is 0 Å². The van der Waals surface area contributed by atoms with Gasteiger partial charge in [0.2, 0.25) is 10.0 Å². The summed E-state index contributed by atoms with van der Waals surface area (Å²) in [6, 6.07) is 20.2. The Morgan fingerprint density at radius 3 is 2.15 bits per heavy atom. The molecule has 1 N–H and O–H groups in total. The first kappa shape index (κ1) is 25.3. The highest BCUT2D eigenvalue weighted by Gasteiger charge is 2.19. The fraction of sp³-hybridized carbons (Fsp3) is 0.296. The third-order valence-electron chi connectivity index (χ3n) is 5.95. The molecule has 6 nitrogen and oxygen atoms in total. The lowest BCUT2D eigenvalue weighted by molar-refractivity contribution is 0.0935. The van der Waals surface area contributed by atoms with E-state index in [-0.39, 0.29) is 18.5 Å². The van der Waals surface area contributed by atoms with Crippen molar-refractivity contribution in [3.8, 4) is 5.75 Å². The summed E-state index contributed by atoms with van der Waals surface area (Å²) in [5.41, 5.74) is 5.08. The molecule has 0 radical (unpaired) electrons. The minimum absolute atomic E-state index is 0.122. The Balaban J connectivity index is 1.74. The molecule has 0 fully saturated rings. The first-order valence-electron chi connectivity index (χ1n) is 11.2. The highest BCUT2D eigenvalue weighted by atomic mass is 32.2. The quantitative estimate of drug-likeness (QED) is 0.459. The van der Waals surface area contributed by atoms with Crippen molar-refractivity contribution in [1.29, 1.82) is 0 Å². The van der Waals surface area contributed by atoms with E-state index in [1.54, 1.807) is 31.4 Å². The molecule has 0 spiro atoms. The molecule has 0 aliphatic rings. The van der Waals surface area contributed by atoms with Crippen LogP contribution in [0.3, 0.4) is 0 Å². The maximum atomic E-state index is 12.9. The molecule has 3 rings (SSSR count). The SMILES string of the molecule is CCC(NC(=O)c1ccc(CN(c2ccc(C)c(C)c2)S(C)(=O)=O)cc1)c1ccc(OC)cc1. The number of anilines is 1. The summed E-state index contributed by atoms with van der Waals surface area (Å²) in [5, 5.41) is 3.07. The number of sulfonamides is 1. The zero-order valence-corrected chi connectivity index (χ0v) is 21.1. The molecule has 1 atom stereocenters. The van der Waals surface area contributed by atoms with E-state index in [1.165, 1.54) is 10.6 Å². The van der Waals surface area contributed by atoms with Crippen LogP contribution in [-0.4, -0.2) is 27.7 Å². The van der Waals surface area contributed by atoms with Crippen LogP contribution >= 0.6 is 0 Å². The monoisotopic (exact) mass is 480 g/mol. The lowest BCUT2D eigenvalue weighted by Crippen LogP contribution is -2.29. The molecule has 3 aromatic rings. The van der Waals surface area contributed by atoms with Crippen LogP contribution in [0, 0.1) is 13.8 Å². The van der Waals surface area contributed by atoms with Gasteiger partial charge in [0.05, 0.1) is 31.6 Å². The topological polar surface area (TPSA) is 75.7 Å². The zero-order valence-electron chi connectivity index (χ0n) is 20.3. The van der Waals surface area contributed by atoms with E-state index in [2.05, 4.69) is 5.32 Å². The van der Waals surface area contributed by atoms with Crippen LogP contribution in [0.5, 0.6) is 5.75 Å².